The van der Waals surface area contributed by atoms with Crippen LogP contribution < -0.4 is 5.32 Å². The molecule has 2 aromatic carbocycles. The van der Waals surface area contributed by atoms with Gasteiger partial charge >= 0.3 is 0 Å². The van der Waals surface area contributed by atoms with Crippen molar-refractivity contribution in [3.05, 3.63) is 63.7 Å². The molecule has 27 heavy (non-hydrogen) atoms. The first kappa shape index (κ1) is 18.8. The molecule has 2 aromatic rings. The summed E-state index contributed by atoms with van der Waals surface area (Å²) in [5.41, 5.74) is 4.93. The normalized spacial score (nSPS) is 13.1. The van der Waals surface area contributed by atoms with Gasteiger partial charge in [0.1, 0.15) is 0 Å². The number of hydrogen-bond acceptors (Lipinski definition) is 3. The fraction of sp³-hybridized carbons (Fsp3) is 0.318. The average Bonchev–Trinajstić information content (AvgIpc) is 2.86. The Morgan fingerprint density at radius 1 is 0.963 bits per heavy atom. The van der Waals surface area contributed by atoms with E-state index in [1.165, 1.54) is 11.0 Å². The van der Waals surface area contributed by atoms with Crippen LogP contribution in [0.15, 0.2) is 30.3 Å². The maximum absolute atomic E-state index is 12.7. The number of rotatable bonds is 5. The molecule has 0 fully saturated rings. The van der Waals surface area contributed by atoms with Crippen LogP contribution in [0, 0.1) is 20.8 Å². The fourth-order valence-corrected chi connectivity index (χ4v) is 3.51. The lowest BCUT2D eigenvalue weighted by Crippen LogP contribution is -2.30. The van der Waals surface area contributed by atoms with Crippen molar-refractivity contribution in [2.24, 2.45) is 0 Å². The van der Waals surface area contributed by atoms with Crippen molar-refractivity contribution in [3.63, 3.8) is 0 Å². The lowest BCUT2D eigenvalue weighted by molar-refractivity contribution is 0.0652. The molecule has 0 atom stereocenters. The first-order valence-electron chi connectivity index (χ1n) is 9.23. The molecular weight excluding hydrogens is 340 g/mol. The van der Waals surface area contributed by atoms with Gasteiger partial charge in [0.2, 0.25) is 0 Å². The first-order chi connectivity index (χ1) is 12.8. The van der Waals surface area contributed by atoms with Gasteiger partial charge in [-0.05, 0) is 56.5 Å². The Kier molecular flexibility index (Phi) is 5.13. The average molecular weight is 364 g/mol. The third kappa shape index (κ3) is 3.50. The van der Waals surface area contributed by atoms with Crippen LogP contribution in [0.3, 0.4) is 0 Å². The van der Waals surface area contributed by atoms with E-state index in [-0.39, 0.29) is 17.7 Å². The Hall–Kier alpha value is -2.95. The number of nitrogens with one attached hydrogen (secondary N) is 1. The van der Waals surface area contributed by atoms with E-state index in [0.717, 1.165) is 35.2 Å². The third-order valence-electron chi connectivity index (χ3n) is 4.88. The Morgan fingerprint density at radius 2 is 1.59 bits per heavy atom. The zero-order chi connectivity index (χ0) is 19.7. The van der Waals surface area contributed by atoms with E-state index in [2.05, 4.69) is 5.32 Å². The van der Waals surface area contributed by atoms with Crippen LogP contribution >= 0.6 is 0 Å². The van der Waals surface area contributed by atoms with Crippen LogP contribution in [0.25, 0.3) is 0 Å². The van der Waals surface area contributed by atoms with E-state index in [4.69, 9.17) is 0 Å². The second-order valence-corrected chi connectivity index (χ2v) is 7.10. The Balaban J connectivity index is 1.87. The largest absolute Gasteiger partial charge is 0.322 e. The van der Waals surface area contributed by atoms with Gasteiger partial charge < -0.3 is 5.32 Å². The fourth-order valence-electron chi connectivity index (χ4n) is 3.51. The SMILES string of the molecule is CCCCN1C(=O)c2ccc(C(=O)Nc3c(C)cc(C)cc3C)cc2C1=O. The Morgan fingerprint density at radius 3 is 2.22 bits per heavy atom. The van der Waals surface area contributed by atoms with Crippen LogP contribution in [0.5, 0.6) is 0 Å². The molecule has 0 saturated carbocycles. The smallest absolute Gasteiger partial charge is 0.261 e. The summed E-state index contributed by atoms with van der Waals surface area (Å²) in [7, 11) is 0. The molecule has 5 nitrogen and oxygen atoms in total. The van der Waals surface area contributed by atoms with Crippen molar-refractivity contribution in [1.29, 1.82) is 0 Å². The van der Waals surface area contributed by atoms with Gasteiger partial charge in [-0.1, -0.05) is 31.0 Å². The van der Waals surface area contributed by atoms with Crippen molar-refractivity contribution >= 4 is 23.4 Å². The van der Waals surface area contributed by atoms with Gasteiger partial charge in [-0.2, -0.15) is 0 Å². The minimum Gasteiger partial charge on any atom is -0.322 e. The number of unbranched alkanes of at least 4 members (excludes halogenated alkanes) is 1. The molecule has 0 unspecified atom stereocenters. The molecule has 1 aliphatic heterocycles. The van der Waals surface area contributed by atoms with Crippen LogP contribution in [-0.4, -0.2) is 29.2 Å². The van der Waals surface area contributed by atoms with Gasteiger partial charge in [-0.15, -0.1) is 0 Å². The van der Waals surface area contributed by atoms with Gasteiger partial charge in [-0.3, -0.25) is 19.3 Å². The van der Waals surface area contributed by atoms with E-state index in [9.17, 15) is 14.4 Å². The van der Waals surface area contributed by atoms with Crippen molar-refractivity contribution in [3.8, 4) is 0 Å². The van der Waals surface area contributed by atoms with E-state index in [1.54, 1.807) is 12.1 Å². The summed E-state index contributed by atoms with van der Waals surface area (Å²) in [5, 5.41) is 2.94. The van der Waals surface area contributed by atoms with Crippen LogP contribution in [0.1, 0.15) is 67.5 Å². The molecule has 5 heteroatoms. The van der Waals surface area contributed by atoms with Gasteiger partial charge in [0, 0.05) is 17.8 Å². The number of hydrogen-bond donors (Lipinski definition) is 1. The van der Waals surface area contributed by atoms with Crippen LogP contribution in [-0.2, 0) is 0 Å². The lowest BCUT2D eigenvalue weighted by atomic mass is 10.0. The quantitative estimate of drug-likeness (QED) is 0.806. The van der Waals surface area contributed by atoms with E-state index in [1.807, 2.05) is 39.8 Å². The number of benzene rings is 2. The van der Waals surface area contributed by atoms with Gasteiger partial charge in [0.25, 0.3) is 17.7 Å². The summed E-state index contributed by atoms with van der Waals surface area (Å²) < 4.78 is 0. The Labute approximate surface area is 159 Å². The van der Waals surface area contributed by atoms with Crippen LogP contribution in [0.4, 0.5) is 5.69 Å². The number of anilines is 1. The molecule has 1 N–H and O–H groups in total. The van der Waals surface area contributed by atoms with Crippen LogP contribution in [0.2, 0.25) is 0 Å². The number of fused-ring (bicyclic) bond motifs is 1. The molecule has 0 saturated heterocycles. The Bertz CT molecular complexity index is 924. The lowest BCUT2D eigenvalue weighted by Gasteiger charge is -2.13. The molecule has 1 aliphatic rings. The molecule has 3 amide bonds. The predicted octanol–water partition coefficient (Wildman–Crippen LogP) is 4.26. The second kappa shape index (κ2) is 7.35. The highest BCUT2D eigenvalue weighted by molar-refractivity contribution is 6.22. The number of amides is 3. The van der Waals surface area contributed by atoms with Crippen molar-refractivity contribution in [1.82, 2.24) is 4.90 Å². The summed E-state index contributed by atoms with van der Waals surface area (Å²) in [6.07, 6.45) is 1.67. The highest BCUT2D eigenvalue weighted by Crippen LogP contribution is 2.26. The molecule has 0 radical (unpaired) electrons. The number of nitrogens with zero attached hydrogens (tertiary/aromatic N) is 1. The number of imide groups is 1. The van der Waals surface area contributed by atoms with Gasteiger partial charge in [-0.25, -0.2) is 0 Å². The van der Waals surface area contributed by atoms with Gasteiger partial charge in [0.15, 0.2) is 0 Å². The van der Waals surface area contributed by atoms with Crippen molar-refractivity contribution < 1.29 is 14.4 Å². The zero-order valence-electron chi connectivity index (χ0n) is 16.2. The summed E-state index contributed by atoms with van der Waals surface area (Å²) in [6.45, 7) is 8.33. The molecule has 0 aliphatic carbocycles. The van der Waals surface area contributed by atoms with Crippen molar-refractivity contribution in [2.75, 3.05) is 11.9 Å². The monoisotopic (exact) mass is 364 g/mol. The number of carbonyl (C=O) groups is 3. The molecule has 140 valence electrons. The maximum atomic E-state index is 12.7. The zero-order valence-corrected chi connectivity index (χ0v) is 16.2. The minimum absolute atomic E-state index is 0.277. The highest BCUT2D eigenvalue weighted by atomic mass is 16.2. The first-order valence-corrected chi connectivity index (χ1v) is 9.23. The predicted molar refractivity (Wildman–Crippen MR) is 105 cm³/mol. The summed E-state index contributed by atoms with van der Waals surface area (Å²) in [6, 6.07) is 8.72. The number of aryl methyl sites for hydroxylation is 3. The summed E-state index contributed by atoms with van der Waals surface area (Å²) >= 11 is 0. The second-order valence-electron chi connectivity index (χ2n) is 7.10. The summed E-state index contributed by atoms with van der Waals surface area (Å²) in [4.78, 5) is 39.0. The summed E-state index contributed by atoms with van der Waals surface area (Å²) in [5.74, 6) is -0.887. The minimum atomic E-state index is -0.319. The maximum Gasteiger partial charge on any atom is 0.261 e. The molecule has 0 aromatic heterocycles. The molecule has 0 bridgehead atoms. The molecular formula is C22H24N2O3. The number of carbonyl (C=O) groups excluding carboxylic acids is 3. The highest BCUT2D eigenvalue weighted by Gasteiger charge is 2.35. The third-order valence-corrected chi connectivity index (χ3v) is 4.88. The topological polar surface area (TPSA) is 66.5 Å². The molecule has 0 spiro atoms. The van der Waals surface area contributed by atoms with E-state index >= 15 is 0 Å². The molecule has 3 rings (SSSR count). The van der Waals surface area contributed by atoms with Crippen molar-refractivity contribution in [2.45, 2.75) is 40.5 Å². The van der Waals surface area contributed by atoms with E-state index < -0.39 is 0 Å². The molecule has 1 heterocycles. The van der Waals surface area contributed by atoms with E-state index in [0.29, 0.717) is 23.2 Å². The van der Waals surface area contributed by atoms with Gasteiger partial charge in [0.05, 0.1) is 11.1 Å². The standard InChI is InChI=1S/C22H24N2O3/c1-5-6-9-24-21(26)17-8-7-16(12-18(17)22(24)27)20(25)23-19-14(3)10-13(2)11-15(19)4/h7-8,10-12H,5-6,9H2,1-4H3,(H,23,25).